The van der Waals surface area contributed by atoms with Gasteiger partial charge in [0.2, 0.25) is 0 Å². The van der Waals surface area contributed by atoms with Crippen molar-refractivity contribution in [2.45, 2.75) is 51.0 Å². The summed E-state index contributed by atoms with van der Waals surface area (Å²) in [4.78, 5) is 0.213. The minimum Gasteiger partial charge on any atom is -0.356 e. The van der Waals surface area contributed by atoms with Crippen molar-refractivity contribution in [1.29, 1.82) is 0 Å². The van der Waals surface area contributed by atoms with E-state index in [0.29, 0.717) is 11.4 Å². The maximum atomic E-state index is 13.1. The van der Waals surface area contributed by atoms with Crippen LogP contribution in [0.2, 0.25) is 0 Å². The highest BCUT2D eigenvalue weighted by Crippen LogP contribution is 2.30. The number of benzene rings is 2. The Labute approximate surface area is 173 Å². The van der Waals surface area contributed by atoms with Gasteiger partial charge in [-0.1, -0.05) is 39.0 Å². The molecule has 29 heavy (non-hydrogen) atoms. The Morgan fingerprint density at radius 1 is 0.897 bits per heavy atom. The predicted octanol–water partition coefficient (Wildman–Crippen LogP) is 5.31. The summed E-state index contributed by atoms with van der Waals surface area (Å²) in [5.41, 5.74) is 2.51. The lowest BCUT2D eigenvalue weighted by Gasteiger charge is -2.18. The summed E-state index contributed by atoms with van der Waals surface area (Å²) in [5, 5.41) is 7.82. The number of sulfonamides is 1. The lowest BCUT2D eigenvalue weighted by molar-refractivity contribution is 0.493. The molecule has 3 rings (SSSR count). The molecule has 0 saturated carbocycles. The van der Waals surface area contributed by atoms with E-state index in [2.05, 4.69) is 15.1 Å². The highest BCUT2D eigenvalue weighted by molar-refractivity contribution is 7.92. The van der Waals surface area contributed by atoms with Crippen LogP contribution in [0, 0.1) is 0 Å². The van der Waals surface area contributed by atoms with E-state index in [1.165, 1.54) is 0 Å². The molecule has 0 unspecified atom stereocenters. The summed E-state index contributed by atoms with van der Waals surface area (Å²) < 4.78 is 30.6. The monoisotopic (exact) mass is 412 g/mol. The largest absolute Gasteiger partial charge is 0.356 e. The van der Waals surface area contributed by atoms with Crippen molar-refractivity contribution in [3.05, 3.63) is 66.5 Å². The number of anilines is 3. The molecule has 1 aromatic heterocycles. The van der Waals surface area contributed by atoms with Crippen LogP contribution >= 0.6 is 0 Å². The molecule has 0 aliphatic carbocycles. The molecule has 0 atom stereocenters. The van der Waals surface area contributed by atoms with Gasteiger partial charge in [-0.05, 0) is 50.2 Å². The highest BCUT2D eigenvalue weighted by atomic mass is 32.2. The Morgan fingerprint density at radius 3 is 2.00 bits per heavy atom. The van der Waals surface area contributed by atoms with Crippen molar-refractivity contribution in [1.82, 2.24) is 9.78 Å². The smallest absolute Gasteiger partial charge is 0.265 e. The first-order chi connectivity index (χ1) is 13.6. The zero-order chi connectivity index (χ0) is 21.2. The van der Waals surface area contributed by atoms with Gasteiger partial charge in [0.05, 0.1) is 5.69 Å². The van der Waals surface area contributed by atoms with E-state index in [9.17, 15) is 8.42 Å². The van der Waals surface area contributed by atoms with Crippen LogP contribution in [0.1, 0.15) is 46.4 Å². The third-order valence-corrected chi connectivity index (χ3v) is 5.81. The van der Waals surface area contributed by atoms with E-state index in [-0.39, 0.29) is 10.9 Å². The average molecular weight is 413 g/mol. The van der Waals surface area contributed by atoms with Crippen molar-refractivity contribution in [2.75, 3.05) is 10.0 Å². The van der Waals surface area contributed by atoms with Gasteiger partial charge in [-0.15, -0.1) is 0 Å². The molecular formula is C22H28N4O2S. The third kappa shape index (κ3) is 4.98. The van der Waals surface area contributed by atoms with Gasteiger partial charge >= 0.3 is 0 Å². The summed E-state index contributed by atoms with van der Waals surface area (Å²) in [6.45, 7) is 9.83. The number of nitrogens with one attached hydrogen (secondary N) is 2. The normalized spacial score (nSPS) is 12.2. The zero-order valence-corrected chi connectivity index (χ0v) is 18.3. The van der Waals surface area contributed by atoms with Gasteiger partial charge in [-0.25, -0.2) is 8.42 Å². The molecule has 0 fully saturated rings. The number of para-hydroxylation sites is 1. The van der Waals surface area contributed by atoms with Gasteiger partial charge < -0.3 is 5.32 Å². The lowest BCUT2D eigenvalue weighted by Crippen LogP contribution is -2.20. The summed E-state index contributed by atoms with van der Waals surface area (Å²) in [6, 6.07) is 17.0. The molecule has 0 radical (unpaired) electrons. The van der Waals surface area contributed by atoms with E-state index in [0.717, 1.165) is 11.4 Å². The number of hydrogen-bond acceptors (Lipinski definition) is 4. The first kappa shape index (κ1) is 20.9. The molecule has 0 bridgehead atoms. The first-order valence-corrected chi connectivity index (χ1v) is 11.1. The number of nitrogens with zero attached hydrogens (tertiary/aromatic N) is 2. The van der Waals surface area contributed by atoms with Crippen LogP contribution in [0.3, 0.4) is 0 Å². The highest BCUT2D eigenvalue weighted by Gasteiger charge is 2.30. The second kappa shape index (κ2) is 7.91. The topological polar surface area (TPSA) is 76.0 Å². The molecular weight excluding hydrogens is 384 g/mol. The van der Waals surface area contributed by atoms with Crippen LogP contribution < -0.4 is 10.0 Å². The Hall–Kier alpha value is -2.80. The number of aromatic nitrogens is 2. The van der Waals surface area contributed by atoms with Crippen molar-refractivity contribution in [3.8, 4) is 0 Å². The fourth-order valence-electron chi connectivity index (χ4n) is 2.88. The maximum absolute atomic E-state index is 13.1. The Balaban J connectivity index is 1.84. The standard InChI is InChI=1S/C22H28N4O2S/c1-16(2)26-15-20(21(24-26)22(3,4)5)29(27,28)25-19-13-11-18(12-14-19)23-17-9-7-6-8-10-17/h6-16,23,25H,1-5H3. The Bertz CT molecular complexity index is 1060. The fourth-order valence-corrected chi connectivity index (χ4v) is 4.28. The van der Waals surface area contributed by atoms with Crippen LogP contribution in [0.4, 0.5) is 17.1 Å². The molecule has 0 aliphatic rings. The molecule has 3 aromatic rings. The van der Waals surface area contributed by atoms with Crippen LogP contribution in [-0.2, 0) is 15.4 Å². The third-order valence-electron chi connectivity index (χ3n) is 4.43. The minimum absolute atomic E-state index is 0.0726. The van der Waals surface area contributed by atoms with E-state index >= 15 is 0 Å². The zero-order valence-electron chi connectivity index (χ0n) is 17.5. The van der Waals surface area contributed by atoms with Gasteiger partial charge in [0, 0.05) is 34.7 Å². The Morgan fingerprint density at radius 2 is 1.45 bits per heavy atom. The van der Waals surface area contributed by atoms with Gasteiger partial charge in [0.1, 0.15) is 4.90 Å². The molecule has 6 nitrogen and oxygen atoms in total. The molecule has 0 spiro atoms. The molecule has 2 N–H and O–H groups in total. The second-order valence-electron chi connectivity index (χ2n) is 8.34. The van der Waals surface area contributed by atoms with E-state index < -0.39 is 15.4 Å². The molecule has 154 valence electrons. The first-order valence-electron chi connectivity index (χ1n) is 9.61. The van der Waals surface area contributed by atoms with E-state index in [1.54, 1.807) is 23.0 Å². The quantitative estimate of drug-likeness (QED) is 0.575. The SMILES string of the molecule is CC(C)n1cc(S(=O)(=O)Nc2ccc(Nc3ccccc3)cc2)c(C(C)(C)C)n1. The molecule has 0 aliphatic heterocycles. The van der Waals surface area contributed by atoms with Gasteiger partial charge in [-0.3, -0.25) is 9.40 Å². The van der Waals surface area contributed by atoms with E-state index in [1.807, 2.05) is 77.1 Å². The van der Waals surface area contributed by atoms with E-state index in [4.69, 9.17) is 0 Å². The minimum atomic E-state index is -3.77. The van der Waals surface area contributed by atoms with Crippen molar-refractivity contribution in [2.24, 2.45) is 0 Å². The molecule has 0 amide bonds. The summed E-state index contributed by atoms with van der Waals surface area (Å²) >= 11 is 0. The molecule has 1 heterocycles. The Kier molecular flexibility index (Phi) is 5.71. The molecule has 0 saturated heterocycles. The van der Waals surface area contributed by atoms with Gasteiger partial charge in [-0.2, -0.15) is 5.10 Å². The molecule has 2 aromatic carbocycles. The van der Waals surface area contributed by atoms with Crippen LogP contribution in [-0.4, -0.2) is 18.2 Å². The van der Waals surface area contributed by atoms with Crippen molar-refractivity contribution in [3.63, 3.8) is 0 Å². The summed E-state index contributed by atoms with van der Waals surface area (Å²) in [6.07, 6.45) is 1.61. The second-order valence-corrected chi connectivity index (χ2v) is 9.99. The van der Waals surface area contributed by atoms with Gasteiger partial charge in [0.25, 0.3) is 10.0 Å². The number of hydrogen-bond donors (Lipinski definition) is 2. The maximum Gasteiger partial charge on any atom is 0.265 e. The predicted molar refractivity (Wildman–Crippen MR) is 118 cm³/mol. The summed E-state index contributed by atoms with van der Waals surface area (Å²) in [7, 11) is -3.77. The van der Waals surface area contributed by atoms with Crippen LogP contribution in [0.5, 0.6) is 0 Å². The van der Waals surface area contributed by atoms with Gasteiger partial charge in [0.15, 0.2) is 0 Å². The van der Waals surface area contributed by atoms with Crippen molar-refractivity contribution < 1.29 is 8.42 Å². The summed E-state index contributed by atoms with van der Waals surface area (Å²) in [5.74, 6) is 0. The van der Waals surface area contributed by atoms with Crippen LogP contribution in [0.15, 0.2) is 65.7 Å². The number of rotatable bonds is 6. The molecule has 7 heteroatoms. The lowest BCUT2D eigenvalue weighted by atomic mass is 9.92. The fraction of sp³-hybridized carbons (Fsp3) is 0.318. The van der Waals surface area contributed by atoms with Crippen molar-refractivity contribution >= 4 is 27.1 Å². The van der Waals surface area contributed by atoms with Crippen LogP contribution in [0.25, 0.3) is 0 Å². The average Bonchev–Trinajstić information content (AvgIpc) is 3.11.